The average Bonchev–Trinajstić information content (AvgIpc) is 2.64. The number of hydrogen-bond donors (Lipinski definition) is 1. The predicted octanol–water partition coefficient (Wildman–Crippen LogP) is 1.99. The Kier molecular flexibility index (Phi) is 3.71. The number of ether oxygens (including phenoxy) is 1. The van der Waals surface area contributed by atoms with Crippen molar-refractivity contribution < 1.29 is 18.7 Å². The van der Waals surface area contributed by atoms with Crippen molar-refractivity contribution in [3.8, 4) is 0 Å². The van der Waals surface area contributed by atoms with Gasteiger partial charge in [0, 0.05) is 0 Å². The molecule has 1 heterocycles. The molecule has 0 radical (unpaired) electrons. The van der Waals surface area contributed by atoms with Crippen LogP contribution in [0.1, 0.15) is 31.1 Å². The number of Topliss-reactive ketones (excluding diaryl/α,β-unsaturated/α-hetero) is 1. The van der Waals surface area contributed by atoms with Crippen molar-refractivity contribution in [1.29, 1.82) is 0 Å². The molecular formula is C11H15NO4. The Morgan fingerprint density at radius 3 is 2.62 bits per heavy atom. The first kappa shape index (κ1) is 12.3. The summed E-state index contributed by atoms with van der Waals surface area (Å²) in [5.41, 5.74) is -0.140. The van der Waals surface area contributed by atoms with Crippen molar-refractivity contribution >= 4 is 11.9 Å². The maximum atomic E-state index is 11.4. The molecule has 0 spiro atoms. The minimum atomic E-state index is -0.607. The number of alkyl carbamates (subject to hydrolysis) is 1. The molecule has 1 rings (SSSR count). The number of carbonyl (C=O) groups excluding carboxylic acids is 2. The molecule has 0 bridgehead atoms. The van der Waals surface area contributed by atoms with Crippen LogP contribution in [-0.2, 0) is 4.74 Å². The Labute approximate surface area is 93.8 Å². The third kappa shape index (κ3) is 4.16. The standard InChI is InChI=1S/C11H15NO4/c1-11(2,3)16-10(14)12-6-9(13)8-4-5-15-7-8/h4-5,7H,6H2,1-3H3,(H,12,14). The second kappa shape index (κ2) is 4.83. The Balaban J connectivity index is 2.35. The van der Waals surface area contributed by atoms with Crippen LogP contribution in [-0.4, -0.2) is 24.0 Å². The smallest absolute Gasteiger partial charge is 0.408 e. The molecule has 0 atom stereocenters. The Morgan fingerprint density at radius 1 is 1.44 bits per heavy atom. The van der Waals surface area contributed by atoms with E-state index in [2.05, 4.69) is 5.32 Å². The summed E-state index contributed by atoms with van der Waals surface area (Å²) >= 11 is 0. The highest BCUT2D eigenvalue weighted by atomic mass is 16.6. The van der Waals surface area contributed by atoms with Gasteiger partial charge in [0.2, 0.25) is 0 Å². The van der Waals surface area contributed by atoms with E-state index in [1.54, 1.807) is 26.8 Å². The summed E-state index contributed by atoms with van der Waals surface area (Å²) in [6.07, 6.45) is 2.13. The lowest BCUT2D eigenvalue weighted by Crippen LogP contribution is -2.35. The van der Waals surface area contributed by atoms with Gasteiger partial charge in [-0.25, -0.2) is 4.79 Å². The van der Waals surface area contributed by atoms with Gasteiger partial charge in [0.05, 0.1) is 18.4 Å². The fourth-order valence-corrected chi connectivity index (χ4v) is 0.992. The first-order chi connectivity index (χ1) is 7.38. The van der Waals surface area contributed by atoms with Gasteiger partial charge in [-0.3, -0.25) is 4.79 Å². The molecule has 0 saturated carbocycles. The van der Waals surface area contributed by atoms with Crippen LogP contribution in [0.3, 0.4) is 0 Å². The van der Waals surface area contributed by atoms with E-state index in [1.165, 1.54) is 12.5 Å². The van der Waals surface area contributed by atoms with Crippen molar-refractivity contribution in [2.45, 2.75) is 26.4 Å². The summed E-state index contributed by atoms with van der Waals surface area (Å²) in [4.78, 5) is 22.7. The fourth-order valence-electron chi connectivity index (χ4n) is 0.992. The van der Waals surface area contributed by atoms with Crippen LogP contribution < -0.4 is 5.32 Å². The highest BCUT2D eigenvalue weighted by Crippen LogP contribution is 2.06. The zero-order valence-electron chi connectivity index (χ0n) is 9.57. The van der Waals surface area contributed by atoms with Gasteiger partial charge < -0.3 is 14.5 Å². The number of hydrogen-bond acceptors (Lipinski definition) is 4. The molecule has 0 unspecified atom stereocenters. The summed E-state index contributed by atoms with van der Waals surface area (Å²) in [7, 11) is 0. The number of rotatable bonds is 3. The van der Waals surface area contributed by atoms with Crippen LogP contribution in [0.15, 0.2) is 23.0 Å². The van der Waals surface area contributed by atoms with Crippen LogP contribution in [0.5, 0.6) is 0 Å². The SMILES string of the molecule is CC(C)(C)OC(=O)NCC(=O)c1ccoc1. The van der Waals surface area contributed by atoms with Gasteiger partial charge in [-0.15, -0.1) is 0 Å². The van der Waals surface area contributed by atoms with Gasteiger partial charge in [-0.1, -0.05) is 0 Å². The van der Waals surface area contributed by atoms with Crippen molar-refractivity contribution in [2.75, 3.05) is 6.54 Å². The lowest BCUT2D eigenvalue weighted by molar-refractivity contribution is 0.0520. The quantitative estimate of drug-likeness (QED) is 0.799. The van der Waals surface area contributed by atoms with Crippen molar-refractivity contribution in [1.82, 2.24) is 5.32 Å². The van der Waals surface area contributed by atoms with Crippen molar-refractivity contribution in [2.24, 2.45) is 0 Å². The van der Waals surface area contributed by atoms with Crippen LogP contribution in [0.25, 0.3) is 0 Å². The average molecular weight is 225 g/mol. The molecule has 0 aromatic carbocycles. The third-order valence-electron chi connectivity index (χ3n) is 1.64. The van der Waals surface area contributed by atoms with Gasteiger partial charge in [0.1, 0.15) is 11.9 Å². The monoisotopic (exact) mass is 225 g/mol. The van der Waals surface area contributed by atoms with Crippen molar-refractivity contribution in [3.05, 3.63) is 24.2 Å². The zero-order chi connectivity index (χ0) is 12.2. The normalized spacial score (nSPS) is 10.9. The number of ketones is 1. The summed E-state index contributed by atoms with van der Waals surface area (Å²) in [6.45, 7) is 5.16. The molecule has 1 N–H and O–H groups in total. The van der Waals surface area contributed by atoms with Gasteiger partial charge in [-0.05, 0) is 26.8 Å². The maximum absolute atomic E-state index is 11.4. The first-order valence-electron chi connectivity index (χ1n) is 4.91. The Morgan fingerprint density at radius 2 is 2.12 bits per heavy atom. The Bertz CT molecular complexity index is 362. The zero-order valence-corrected chi connectivity index (χ0v) is 9.57. The fraction of sp³-hybridized carbons (Fsp3) is 0.455. The summed E-state index contributed by atoms with van der Waals surface area (Å²) in [5, 5.41) is 2.37. The lowest BCUT2D eigenvalue weighted by Gasteiger charge is -2.19. The van der Waals surface area contributed by atoms with E-state index in [9.17, 15) is 9.59 Å². The molecule has 5 heteroatoms. The summed E-state index contributed by atoms with van der Waals surface area (Å²) in [6, 6.07) is 1.54. The van der Waals surface area contributed by atoms with Crippen LogP contribution in [0.2, 0.25) is 0 Å². The number of amides is 1. The molecule has 5 nitrogen and oxygen atoms in total. The molecular weight excluding hydrogens is 210 g/mol. The van der Waals surface area contributed by atoms with E-state index in [4.69, 9.17) is 9.15 Å². The highest BCUT2D eigenvalue weighted by molar-refractivity contribution is 5.98. The second-order valence-electron chi connectivity index (χ2n) is 4.29. The molecule has 0 aliphatic carbocycles. The van der Waals surface area contributed by atoms with Gasteiger partial charge >= 0.3 is 6.09 Å². The first-order valence-corrected chi connectivity index (χ1v) is 4.91. The molecule has 0 fully saturated rings. The maximum Gasteiger partial charge on any atom is 0.408 e. The molecule has 1 aromatic rings. The van der Waals surface area contributed by atoms with E-state index in [-0.39, 0.29) is 12.3 Å². The van der Waals surface area contributed by atoms with E-state index in [1.807, 2.05) is 0 Å². The van der Waals surface area contributed by atoms with E-state index >= 15 is 0 Å². The Hall–Kier alpha value is -1.78. The van der Waals surface area contributed by atoms with Crippen LogP contribution in [0, 0.1) is 0 Å². The van der Waals surface area contributed by atoms with Crippen LogP contribution in [0.4, 0.5) is 4.79 Å². The van der Waals surface area contributed by atoms with E-state index in [0.717, 1.165) is 0 Å². The predicted molar refractivity (Wildman–Crippen MR) is 57.3 cm³/mol. The number of carbonyl (C=O) groups is 2. The van der Waals surface area contributed by atoms with Gasteiger partial charge in [0.25, 0.3) is 0 Å². The van der Waals surface area contributed by atoms with Gasteiger partial charge in [-0.2, -0.15) is 0 Å². The topological polar surface area (TPSA) is 68.5 Å². The minimum Gasteiger partial charge on any atom is -0.472 e. The number of furan rings is 1. The molecule has 0 saturated heterocycles. The highest BCUT2D eigenvalue weighted by Gasteiger charge is 2.17. The number of nitrogens with one attached hydrogen (secondary N) is 1. The molecule has 1 amide bonds. The molecule has 0 aliphatic rings. The summed E-state index contributed by atoms with van der Waals surface area (Å²) in [5.74, 6) is -0.223. The van der Waals surface area contributed by atoms with E-state index in [0.29, 0.717) is 5.56 Å². The largest absolute Gasteiger partial charge is 0.472 e. The van der Waals surface area contributed by atoms with Crippen LogP contribution >= 0.6 is 0 Å². The third-order valence-corrected chi connectivity index (χ3v) is 1.64. The summed E-state index contributed by atoms with van der Waals surface area (Å²) < 4.78 is 9.74. The molecule has 1 aromatic heterocycles. The molecule has 16 heavy (non-hydrogen) atoms. The van der Waals surface area contributed by atoms with E-state index < -0.39 is 11.7 Å². The second-order valence-corrected chi connectivity index (χ2v) is 4.29. The molecule has 88 valence electrons. The molecule has 0 aliphatic heterocycles. The lowest BCUT2D eigenvalue weighted by atomic mass is 10.2. The minimum absolute atomic E-state index is 0.103. The van der Waals surface area contributed by atoms with Crippen molar-refractivity contribution in [3.63, 3.8) is 0 Å². The van der Waals surface area contributed by atoms with Gasteiger partial charge in [0.15, 0.2) is 5.78 Å².